The highest BCUT2D eigenvalue weighted by Gasteiger charge is 2.24. The number of likely N-dealkylation sites (N-methyl/N-ethyl adjacent to an activating group) is 1. The minimum absolute atomic E-state index is 0.250. The number of benzene rings is 2. The van der Waals surface area contributed by atoms with Gasteiger partial charge in [-0.25, -0.2) is 4.68 Å². The summed E-state index contributed by atoms with van der Waals surface area (Å²) in [5.74, 6) is 1.82. The van der Waals surface area contributed by atoms with Gasteiger partial charge in [0.25, 0.3) is 0 Å². The van der Waals surface area contributed by atoms with Crippen LogP contribution in [0, 0.1) is 0 Å². The fourth-order valence-corrected chi connectivity index (χ4v) is 4.27. The number of aromatic nitrogens is 2. The first-order valence-electron chi connectivity index (χ1n) is 10.7. The van der Waals surface area contributed by atoms with Gasteiger partial charge < -0.3 is 20.6 Å². The normalized spacial score (nSPS) is 17.5. The van der Waals surface area contributed by atoms with Crippen molar-refractivity contribution < 1.29 is 5.11 Å². The summed E-state index contributed by atoms with van der Waals surface area (Å²) in [6, 6.07) is 16.0. The SMILES string of the molecule is CN1CCN(Cc2ccc(-c3cnn4c3N(c3ccc(O)cc3)CC=C4N)cc2)CC1. The first-order chi connectivity index (χ1) is 15.1. The maximum absolute atomic E-state index is 9.67. The second-order valence-corrected chi connectivity index (χ2v) is 8.33. The number of phenolic OH excluding ortho intramolecular Hbond substituents is 1. The lowest BCUT2D eigenvalue weighted by Gasteiger charge is -2.32. The summed E-state index contributed by atoms with van der Waals surface area (Å²) in [6.07, 6.45) is 3.83. The third-order valence-electron chi connectivity index (χ3n) is 6.16. The average molecular weight is 417 g/mol. The van der Waals surface area contributed by atoms with E-state index in [1.54, 1.807) is 16.8 Å². The van der Waals surface area contributed by atoms with Crippen LogP contribution in [0.5, 0.6) is 5.75 Å². The lowest BCUT2D eigenvalue weighted by atomic mass is 10.0. The van der Waals surface area contributed by atoms with Gasteiger partial charge >= 0.3 is 0 Å². The summed E-state index contributed by atoms with van der Waals surface area (Å²) >= 11 is 0. The summed E-state index contributed by atoms with van der Waals surface area (Å²) in [4.78, 5) is 7.05. The average Bonchev–Trinajstić information content (AvgIpc) is 3.23. The Morgan fingerprint density at radius 1 is 0.968 bits per heavy atom. The molecule has 2 aliphatic heterocycles. The van der Waals surface area contributed by atoms with Crippen LogP contribution in [0.2, 0.25) is 0 Å². The number of phenols is 1. The van der Waals surface area contributed by atoms with E-state index in [9.17, 15) is 5.11 Å². The van der Waals surface area contributed by atoms with Crippen molar-refractivity contribution in [1.29, 1.82) is 0 Å². The second-order valence-electron chi connectivity index (χ2n) is 8.33. The number of hydrogen-bond acceptors (Lipinski definition) is 6. The molecule has 0 saturated carbocycles. The van der Waals surface area contributed by atoms with Gasteiger partial charge in [-0.15, -0.1) is 0 Å². The van der Waals surface area contributed by atoms with Crippen LogP contribution in [0.4, 0.5) is 11.5 Å². The second kappa shape index (κ2) is 8.09. The van der Waals surface area contributed by atoms with E-state index in [4.69, 9.17) is 5.73 Å². The number of anilines is 2. The Bertz CT molecular complexity index is 1080. The van der Waals surface area contributed by atoms with Gasteiger partial charge in [0, 0.05) is 50.5 Å². The molecule has 5 rings (SSSR count). The number of fused-ring (bicyclic) bond motifs is 1. The molecule has 0 unspecified atom stereocenters. The molecule has 3 N–H and O–H groups in total. The number of aromatic hydroxyl groups is 1. The lowest BCUT2D eigenvalue weighted by molar-refractivity contribution is 0.148. The van der Waals surface area contributed by atoms with Gasteiger partial charge in [-0.3, -0.25) is 4.90 Å². The third-order valence-corrected chi connectivity index (χ3v) is 6.16. The Hall–Kier alpha value is -3.29. The Morgan fingerprint density at radius 3 is 2.39 bits per heavy atom. The molecule has 0 bridgehead atoms. The van der Waals surface area contributed by atoms with E-state index < -0.39 is 0 Å². The van der Waals surface area contributed by atoms with Crippen molar-refractivity contribution in [1.82, 2.24) is 19.6 Å². The van der Waals surface area contributed by atoms with E-state index in [1.807, 2.05) is 24.4 Å². The molecule has 31 heavy (non-hydrogen) atoms. The molecule has 3 heterocycles. The molecular formula is C24H28N6O. The monoisotopic (exact) mass is 416 g/mol. The summed E-state index contributed by atoms with van der Waals surface area (Å²) in [5, 5.41) is 14.2. The molecule has 1 saturated heterocycles. The molecule has 0 aliphatic carbocycles. The lowest BCUT2D eigenvalue weighted by Crippen LogP contribution is -2.43. The molecule has 0 atom stereocenters. The van der Waals surface area contributed by atoms with Crippen molar-refractivity contribution in [2.45, 2.75) is 6.54 Å². The van der Waals surface area contributed by atoms with Crippen LogP contribution in [-0.4, -0.2) is 64.5 Å². The van der Waals surface area contributed by atoms with Gasteiger partial charge in [-0.1, -0.05) is 24.3 Å². The molecule has 7 heteroatoms. The van der Waals surface area contributed by atoms with E-state index in [-0.39, 0.29) is 5.75 Å². The summed E-state index contributed by atoms with van der Waals surface area (Å²) < 4.78 is 1.78. The molecular weight excluding hydrogens is 388 g/mol. The van der Waals surface area contributed by atoms with Crippen molar-refractivity contribution in [3.05, 3.63) is 66.4 Å². The fraction of sp³-hybridized carbons (Fsp3) is 0.292. The van der Waals surface area contributed by atoms with Crippen LogP contribution in [0.1, 0.15) is 5.56 Å². The van der Waals surface area contributed by atoms with Gasteiger partial charge in [0.15, 0.2) is 0 Å². The predicted molar refractivity (Wildman–Crippen MR) is 124 cm³/mol. The molecule has 0 spiro atoms. The molecule has 1 aromatic heterocycles. The van der Waals surface area contributed by atoms with E-state index in [0.717, 1.165) is 55.4 Å². The maximum atomic E-state index is 9.67. The minimum atomic E-state index is 0.250. The van der Waals surface area contributed by atoms with Crippen molar-refractivity contribution in [3.8, 4) is 16.9 Å². The van der Waals surface area contributed by atoms with Crippen LogP contribution >= 0.6 is 0 Å². The Morgan fingerprint density at radius 2 is 1.68 bits per heavy atom. The smallest absolute Gasteiger partial charge is 0.146 e. The summed E-state index contributed by atoms with van der Waals surface area (Å²) in [6.45, 7) is 6.11. The number of rotatable bonds is 4. The molecule has 7 nitrogen and oxygen atoms in total. The van der Waals surface area contributed by atoms with E-state index in [0.29, 0.717) is 12.4 Å². The third kappa shape index (κ3) is 3.89. The fourth-order valence-electron chi connectivity index (χ4n) is 4.27. The molecule has 0 amide bonds. The van der Waals surface area contributed by atoms with Crippen molar-refractivity contribution in [2.75, 3.05) is 44.7 Å². The molecule has 1 fully saturated rings. The number of nitrogens with zero attached hydrogens (tertiary/aromatic N) is 5. The highest BCUT2D eigenvalue weighted by atomic mass is 16.3. The molecule has 160 valence electrons. The van der Waals surface area contributed by atoms with Crippen LogP contribution in [0.25, 0.3) is 16.9 Å². The van der Waals surface area contributed by atoms with Crippen LogP contribution < -0.4 is 10.6 Å². The van der Waals surface area contributed by atoms with E-state index in [2.05, 4.69) is 51.1 Å². The van der Waals surface area contributed by atoms with E-state index in [1.165, 1.54) is 5.56 Å². The zero-order valence-corrected chi connectivity index (χ0v) is 17.8. The molecule has 0 radical (unpaired) electrons. The van der Waals surface area contributed by atoms with Gasteiger partial charge in [0.2, 0.25) is 0 Å². The maximum Gasteiger partial charge on any atom is 0.146 e. The molecule has 2 aromatic carbocycles. The highest BCUT2D eigenvalue weighted by molar-refractivity contribution is 5.83. The van der Waals surface area contributed by atoms with Crippen LogP contribution in [-0.2, 0) is 6.54 Å². The van der Waals surface area contributed by atoms with Crippen LogP contribution in [0.3, 0.4) is 0 Å². The van der Waals surface area contributed by atoms with Gasteiger partial charge in [-0.2, -0.15) is 5.10 Å². The zero-order chi connectivity index (χ0) is 21.4. The quantitative estimate of drug-likeness (QED) is 0.681. The van der Waals surface area contributed by atoms with Crippen LogP contribution in [0.15, 0.2) is 60.8 Å². The largest absolute Gasteiger partial charge is 0.508 e. The minimum Gasteiger partial charge on any atom is -0.508 e. The Balaban J connectivity index is 1.42. The number of nitrogens with two attached hydrogens (primary N) is 1. The Labute approximate surface area is 182 Å². The van der Waals surface area contributed by atoms with E-state index >= 15 is 0 Å². The number of hydrogen-bond donors (Lipinski definition) is 2. The summed E-state index contributed by atoms with van der Waals surface area (Å²) in [5.41, 5.74) is 10.7. The first-order valence-corrected chi connectivity index (χ1v) is 10.7. The standard InChI is InChI=1S/C24H28N6O/c1-27-12-14-28(15-13-27)17-18-2-4-19(5-3-18)22-16-26-30-23(25)10-11-29(24(22)30)20-6-8-21(31)9-7-20/h2-10,16,31H,11-15,17,25H2,1H3. The first kappa shape index (κ1) is 19.7. The Kier molecular flexibility index (Phi) is 5.13. The topological polar surface area (TPSA) is 73.8 Å². The van der Waals surface area contributed by atoms with Gasteiger partial charge in [0.1, 0.15) is 17.4 Å². The number of piperazine rings is 1. The van der Waals surface area contributed by atoms with Gasteiger partial charge in [0.05, 0.1) is 6.20 Å². The summed E-state index contributed by atoms with van der Waals surface area (Å²) in [7, 11) is 2.18. The molecule has 3 aromatic rings. The predicted octanol–water partition coefficient (Wildman–Crippen LogP) is 2.91. The van der Waals surface area contributed by atoms with Crippen molar-refractivity contribution in [2.24, 2.45) is 5.73 Å². The zero-order valence-electron chi connectivity index (χ0n) is 17.8. The van der Waals surface area contributed by atoms with Gasteiger partial charge in [-0.05, 0) is 48.5 Å². The van der Waals surface area contributed by atoms with Crippen molar-refractivity contribution >= 4 is 17.3 Å². The molecule has 2 aliphatic rings. The highest BCUT2D eigenvalue weighted by Crippen LogP contribution is 2.38. The van der Waals surface area contributed by atoms with Crippen molar-refractivity contribution in [3.63, 3.8) is 0 Å².